The fourth-order valence-electron chi connectivity index (χ4n) is 2.52. The van der Waals surface area contributed by atoms with E-state index in [1.165, 1.54) is 18.6 Å². The molecule has 2 heterocycles. The third kappa shape index (κ3) is 4.64. The molecular weight excluding hydrogens is 296 g/mol. The molecule has 0 bridgehead atoms. The van der Waals surface area contributed by atoms with Crippen LogP contribution in [0.25, 0.3) is 0 Å². The van der Waals surface area contributed by atoms with Gasteiger partial charge in [0, 0.05) is 38.6 Å². The average Bonchev–Trinajstić information content (AvgIpc) is 2.53. The molecule has 23 heavy (non-hydrogen) atoms. The summed E-state index contributed by atoms with van der Waals surface area (Å²) in [6, 6.07) is -0.0502. The highest BCUT2D eigenvalue weighted by Crippen LogP contribution is 2.19. The maximum atomic E-state index is 12.4. The summed E-state index contributed by atoms with van der Waals surface area (Å²) in [6.45, 7) is 6.65. The van der Waals surface area contributed by atoms with Gasteiger partial charge in [0.05, 0.1) is 6.20 Å². The maximum Gasteiger partial charge on any atom is 0.410 e. The Morgan fingerprint density at radius 1 is 1.35 bits per heavy atom. The van der Waals surface area contributed by atoms with Crippen LogP contribution < -0.4 is 0 Å². The first-order chi connectivity index (χ1) is 10.8. The van der Waals surface area contributed by atoms with Gasteiger partial charge in [-0.2, -0.15) is 0 Å². The summed E-state index contributed by atoms with van der Waals surface area (Å²) in [5.74, 6) is -0.186. The van der Waals surface area contributed by atoms with Crippen LogP contribution in [0.15, 0.2) is 18.6 Å². The summed E-state index contributed by atoms with van der Waals surface area (Å²) in [5.41, 5.74) is -0.213. The van der Waals surface area contributed by atoms with Crippen LogP contribution in [0, 0.1) is 0 Å². The molecule has 0 N–H and O–H groups in total. The van der Waals surface area contributed by atoms with E-state index in [-0.39, 0.29) is 18.0 Å². The van der Waals surface area contributed by atoms with Crippen molar-refractivity contribution in [2.24, 2.45) is 0 Å². The molecule has 1 aromatic heterocycles. The Labute approximate surface area is 136 Å². The molecule has 1 saturated heterocycles. The molecule has 1 aliphatic heterocycles. The Kier molecular flexibility index (Phi) is 5.18. The Morgan fingerprint density at radius 2 is 2.09 bits per heavy atom. The molecule has 0 unspecified atom stereocenters. The number of nitrogens with zero attached hydrogens (tertiary/aromatic N) is 4. The van der Waals surface area contributed by atoms with Crippen molar-refractivity contribution < 1.29 is 14.3 Å². The molecular formula is C16H24N4O3. The van der Waals surface area contributed by atoms with Crippen molar-refractivity contribution in [2.45, 2.75) is 45.3 Å². The SMILES string of the molecule is CN(C(=O)c1cnccn1)[C@@H]1CCCN(C(=O)OC(C)(C)C)C1. The third-order valence-corrected chi connectivity index (χ3v) is 3.70. The number of ether oxygens (including phenoxy) is 1. The molecule has 126 valence electrons. The maximum absolute atomic E-state index is 12.4. The largest absolute Gasteiger partial charge is 0.444 e. The van der Waals surface area contributed by atoms with Crippen LogP contribution in [0.3, 0.4) is 0 Å². The molecule has 2 amide bonds. The second-order valence-corrected chi connectivity index (χ2v) is 6.73. The lowest BCUT2D eigenvalue weighted by Crippen LogP contribution is -2.51. The summed E-state index contributed by atoms with van der Waals surface area (Å²) in [6.07, 6.45) is 5.83. The molecule has 2 rings (SSSR count). The Morgan fingerprint density at radius 3 is 2.70 bits per heavy atom. The number of likely N-dealkylation sites (N-methyl/N-ethyl adjacent to an activating group) is 1. The van der Waals surface area contributed by atoms with Gasteiger partial charge >= 0.3 is 6.09 Å². The first kappa shape index (κ1) is 17.2. The van der Waals surface area contributed by atoms with Gasteiger partial charge in [0.25, 0.3) is 5.91 Å². The minimum absolute atomic E-state index is 0.0502. The highest BCUT2D eigenvalue weighted by Gasteiger charge is 2.31. The van der Waals surface area contributed by atoms with Crippen LogP contribution in [-0.4, -0.2) is 63.5 Å². The number of carbonyl (C=O) groups is 2. The number of rotatable bonds is 2. The first-order valence-corrected chi connectivity index (χ1v) is 7.79. The molecule has 1 aromatic rings. The molecule has 0 aromatic carbocycles. The van der Waals surface area contributed by atoms with Gasteiger partial charge in [-0.1, -0.05) is 0 Å². The van der Waals surface area contributed by atoms with Gasteiger partial charge in [-0.15, -0.1) is 0 Å². The van der Waals surface area contributed by atoms with E-state index in [2.05, 4.69) is 9.97 Å². The lowest BCUT2D eigenvalue weighted by Gasteiger charge is -2.38. The van der Waals surface area contributed by atoms with Gasteiger partial charge in [0.2, 0.25) is 0 Å². The van der Waals surface area contributed by atoms with Gasteiger partial charge in [-0.25, -0.2) is 9.78 Å². The molecule has 0 saturated carbocycles. The van der Waals surface area contributed by atoms with Crippen LogP contribution in [0.5, 0.6) is 0 Å². The van der Waals surface area contributed by atoms with Crippen molar-refractivity contribution in [3.8, 4) is 0 Å². The van der Waals surface area contributed by atoms with Gasteiger partial charge in [-0.3, -0.25) is 9.78 Å². The van der Waals surface area contributed by atoms with E-state index in [1.807, 2.05) is 20.8 Å². The summed E-state index contributed by atoms with van der Waals surface area (Å²) in [4.78, 5) is 35.9. The monoisotopic (exact) mass is 320 g/mol. The Balaban J connectivity index is 2.00. The van der Waals surface area contributed by atoms with Crippen molar-refractivity contribution in [3.63, 3.8) is 0 Å². The van der Waals surface area contributed by atoms with Crippen LogP contribution in [0.4, 0.5) is 4.79 Å². The van der Waals surface area contributed by atoms with Gasteiger partial charge in [-0.05, 0) is 33.6 Å². The first-order valence-electron chi connectivity index (χ1n) is 7.79. The number of aromatic nitrogens is 2. The molecule has 0 radical (unpaired) electrons. The zero-order valence-corrected chi connectivity index (χ0v) is 14.2. The summed E-state index contributed by atoms with van der Waals surface area (Å²) >= 11 is 0. The fourth-order valence-corrected chi connectivity index (χ4v) is 2.52. The molecule has 0 aliphatic carbocycles. The summed E-state index contributed by atoms with van der Waals surface area (Å²) < 4.78 is 5.41. The minimum atomic E-state index is -0.522. The zero-order chi connectivity index (χ0) is 17.0. The lowest BCUT2D eigenvalue weighted by atomic mass is 10.0. The number of likely N-dealkylation sites (tertiary alicyclic amines) is 1. The van der Waals surface area contributed by atoms with Gasteiger partial charge in [0.15, 0.2) is 0 Å². The van der Waals surface area contributed by atoms with Crippen molar-refractivity contribution in [1.29, 1.82) is 0 Å². The van der Waals surface area contributed by atoms with Crippen molar-refractivity contribution in [3.05, 3.63) is 24.3 Å². The molecule has 7 heteroatoms. The van der Waals surface area contributed by atoms with E-state index in [0.717, 1.165) is 12.8 Å². The normalized spacial score (nSPS) is 18.4. The van der Waals surface area contributed by atoms with E-state index in [0.29, 0.717) is 18.8 Å². The van der Waals surface area contributed by atoms with E-state index >= 15 is 0 Å². The molecule has 0 spiro atoms. The van der Waals surface area contributed by atoms with E-state index in [9.17, 15) is 9.59 Å². The fraction of sp³-hybridized carbons (Fsp3) is 0.625. The van der Waals surface area contributed by atoms with Crippen LogP contribution >= 0.6 is 0 Å². The summed E-state index contributed by atoms with van der Waals surface area (Å²) in [5, 5.41) is 0. The Hall–Kier alpha value is -2.18. The summed E-state index contributed by atoms with van der Waals surface area (Å²) in [7, 11) is 1.74. The predicted octanol–water partition coefficient (Wildman–Crippen LogP) is 1.95. The number of carbonyl (C=O) groups excluding carboxylic acids is 2. The zero-order valence-electron chi connectivity index (χ0n) is 14.2. The molecule has 1 atom stereocenters. The van der Waals surface area contributed by atoms with Crippen molar-refractivity contribution in [2.75, 3.05) is 20.1 Å². The standard InChI is InChI=1S/C16H24N4O3/c1-16(2,3)23-15(22)20-9-5-6-12(11-20)19(4)14(21)13-10-17-7-8-18-13/h7-8,10,12H,5-6,9,11H2,1-4H3/t12-/m1/s1. The smallest absolute Gasteiger partial charge is 0.410 e. The highest BCUT2D eigenvalue weighted by molar-refractivity contribution is 5.92. The highest BCUT2D eigenvalue weighted by atomic mass is 16.6. The predicted molar refractivity (Wildman–Crippen MR) is 85.0 cm³/mol. The Bertz CT molecular complexity index is 556. The molecule has 1 aliphatic rings. The quantitative estimate of drug-likeness (QED) is 0.832. The minimum Gasteiger partial charge on any atom is -0.444 e. The topological polar surface area (TPSA) is 75.6 Å². The van der Waals surface area contributed by atoms with E-state index in [1.54, 1.807) is 16.8 Å². The molecule has 7 nitrogen and oxygen atoms in total. The number of hydrogen-bond donors (Lipinski definition) is 0. The van der Waals surface area contributed by atoms with Crippen LogP contribution in [0.2, 0.25) is 0 Å². The third-order valence-electron chi connectivity index (χ3n) is 3.70. The van der Waals surface area contributed by atoms with Crippen LogP contribution in [0.1, 0.15) is 44.1 Å². The van der Waals surface area contributed by atoms with E-state index in [4.69, 9.17) is 4.74 Å². The second kappa shape index (κ2) is 6.93. The van der Waals surface area contributed by atoms with Crippen molar-refractivity contribution >= 4 is 12.0 Å². The van der Waals surface area contributed by atoms with Gasteiger partial charge in [0.1, 0.15) is 11.3 Å². The number of hydrogen-bond acceptors (Lipinski definition) is 5. The van der Waals surface area contributed by atoms with Gasteiger partial charge < -0.3 is 14.5 Å². The molecule has 1 fully saturated rings. The van der Waals surface area contributed by atoms with Crippen molar-refractivity contribution in [1.82, 2.24) is 19.8 Å². The van der Waals surface area contributed by atoms with Crippen LogP contribution in [-0.2, 0) is 4.74 Å². The second-order valence-electron chi connectivity index (χ2n) is 6.73. The lowest BCUT2D eigenvalue weighted by molar-refractivity contribution is 0.0122. The number of amides is 2. The average molecular weight is 320 g/mol. The number of piperidine rings is 1. The van der Waals surface area contributed by atoms with E-state index < -0.39 is 5.60 Å².